The summed E-state index contributed by atoms with van der Waals surface area (Å²) >= 11 is 0. The Morgan fingerprint density at radius 1 is 1.16 bits per heavy atom. The molecule has 3 rings (SSSR count). The van der Waals surface area contributed by atoms with Crippen LogP contribution in [0.2, 0.25) is 0 Å². The predicted molar refractivity (Wildman–Crippen MR) is 116 cm³/mol. The summed E-state index contributed by atoms with van der Waals surface area (Å²) in [6, 6.07) is 7.20. The molecule has 31 heavy (non-hydrogen) atoms. The summed E-state index contributed by atoms with van der Waals surface area (Å²) in [4.78, 5) is 39.6. The Morgan fingerprint density at radius 3 is 2.32 bits per heavy atom. The summed E-state index contributed by atoms with van der Waals surface area (Å²) in [7, 11) is -3.69. The average molecular weight is 450 g/mol. The van der Waals surface area contributed by atoms with Gasteiger partial charge >= 0.3 is 0 Å². The molecule has 2 saturated heterocycles. The van der Waals surface area contributed by atoms with Crippen LogP contribution < -0.4 is 10.6 Å². The molecule has 0 bridgehead atoms. The molecule has 0 aliphatic carbocycles. The van der Waals surface area contributed by atoms with E-state index in [0.717, 1.165) is 10.5 Å². The number of benzene rings is 1. The van der Waals surface area contributed by atoms with Crippen LogP contribution in [0.15, 0.2) is 30.3 Å². The first-order chi connectivity index (χ1) is 14.4. The fourth-order valence-electron chi connectivity index (χ4n) is 4.32. The molecule has 1 aromatic carbocycles. The summed E-state index contributed by atoms with van der Waals surface area (Å²) in [6.07, 6.45) is 0.537. The van der Waals surface area contributed by atoms with Gasteiger partial charge in [0.2, 0.25) is 17.7 Å². The van der Waals surface area contributed by atoms with Crippen molar-refractivity contribution >= 4 is 27.6 Å². The lowest BCUT2D eigenvalue weighted by molar-refractivity contribution is -0.150. The van der Waals surface area contributed by atoms with E-state index in [-0.39, 0.29) is 30.2 Å². The Labute approximate surface area is 183 Å². The van der Waals surface area contributed by atoms with Crippen LogP contribution in [0, 0.1) is 5.92 Å². The van der Waals surface area contributed by atoms with E-state index in [1.54, 1.807) is 0 Å². The number of nitrogens with one attached hydrogen (secondary N) is 2. The molecule has 0 spiro atoms. The average Bonchev–Trinajstić information content (AvgIpc) is 2.85. The van der Waals surface area contributed by atoms with Gasteiger partial charge in [-0.1, -0.05) is 50.6 Å². The molecule has 2 aliphatic heterocycles. The van der Waals surface area contributed by atoms with E-state index in [4.69, 9.17) is 0 Å². The zero-order valence-electron chi connectivity index (χ0n) is 18.6. The molecule has 2 N–H and O–H groups in total. The molecule has 2 fully saturated rings. The smallest absolute Gasteiger partial charge is 0.245 e. The number of fused-ring (bicyclic) bond motifs is 1. The lowest BCUT2D eigenvalue weighted by atomic mass is 9.94. The first-order valence-electron chi connectivity index (χ1n) is 10.6. The maximum atomic E-state index is 13.2. The van der Waals surface area contributed by atoms with Crippen molar-refractivity contribution in [3.05, 3.63) is 35.9 Å². The molecule has 0 aromatic heterocycles. The first-order valence-corrected chi connectivity index (χ1v) is 12.2. The van der Waals surface area contributed by atoms with Crippen LogP contribution in [0.25, 0.3) is 0 Å². The molecule has 170 valence electrons. The van der Waals surface area contributed by atoms with E-state index in [0.29, 0.717) is 6.42 Å². The zero-order valence-corrected chi connectivity index (χ0v) is 19.4. The number of hydrogen-bond acceptors (Lipinski definition) is 5. The number of carbonyl (C=O) groups excluding carboxylic acids is 3. The maximum Gasteiger partial charge on any atom is 0.245 e. The second-order valence-corrected chi connectivity index (χ2v) is 11.7. The molecule has 8 nitrogen and oxygen atoms in total. The van der Waals surface area contributed by atoms with E-state index in [1.165, 1.54) is 13.8 Å². The molecular weight excluding hydrogens is 418 g/mol. The predicted octanol–water partition coefficient (Wildman–Crippen LogP) is 1.53. The first kappa shape index (κ1) is 23.2. The van der Waals surface area contributed by atoms with Gasteiger partial charge in [0.1, 0.15) is 17.5 Å². The molecule has 2 heterocycles. The van der Waals surface area contributed by atoms with E-state index in [2.05, 4.69) is 10.6 Å². The maximum absolute atomic E-state index is 13.2. The van der Waals surface area contributed by atoms with Gasteiger partial charge in [0.05, 0.1) is 17.2 Å². The Morgan fingerprint density at radius 2 is 1.77 bits per heavy atom. The molecular formula is C22H31N3O5S. The number of nitrogens with zero attached hydrogens (tertiary/aromatic N) is 1. The third-order valence-corrected chi connectivity index (χ3v) is 9.48. The van der Waals surface area contributed by atoms with Crippen molar-refractivity contribution in [3.8, 4) is 0 Å². The van der Waals surface area contributed by atoms with Crippen LogP contribution in [-0.2, 0) is 24.2 Å². The van der Waals surface area contributed by atoms with Gasteiger partial charge in [0, 0.05) is 0 Å². The highest BCUT2D eigenvalue weighted by Gasteiger charge is 2.67. The topological polar surface area (TPSA) is 113 Å². The fraction of sp³-hybridized carbons (Fsp3) is 0.591. The number of sulfone groups is 1. The van der Waals surface area contributed by atoms with Gasteiger partial charge in [0.25, 0.3) is 0 Å². The van der Waals surface area contributed by atoms with E-state index >= 15 is 0 Å². The largest absolute Gasteiger partial charge is 0.348 e. The van der Waals surface area contributed by atoms with Crippen molar-refractivity contribution in [2.24, 2.45) is 5.92 Å². The highest BCUT2D eigenvalue weighted by molar-refractivity contribution is 7.93. The minimum Gasteiger partial charge on any atom is -0.348 e. The van der Waals surface area contributed by atoms with Gasteiger partial charge < -0.3 is 15.5 Å². The van der Waals surface area contributed by atoms with Crippen LogP contribution in [-0.4, -0.2) is 53.2 Å². The van der Waals surface area contributed by atoms with Crippen molar-refractivity contribution in [1.82, 2.24) is 15.5 Å². The highest BCUT2D eigenvalue weighted by atomic mass is 32.2. The SMILES string of the molecule is CCC(C)C(NC(=O)C1N2C(=O)CC2S(=O)(=O)C1(C)C)C(=O)NC(C)c1ccccc1. The quantitative estimate of drug-likeness (QED) is 0.613. The Bertz CT molecular complexity index is 976. The number of rotatable bonds is 7. The van der Waals surface area contributed by atoms with Crippen LogP contribution >= 0.6 is 0 Å². The fourth-order valence-corrected chi connectivity index (χ4v) is 6.45. The third-order valence-electron chi connectivity index (χ3n) is 6.68. The van der Waals surface area contributed by atoms with E-state index in [9.17, 15) is 22.8 Å². The summed E-state index contributed by atoms with van der Waals surface area (Å²) in [6.45, 7) is 8.56. The summed E-state index contributed by atoms with van der Waals surface area (Å²) in [5, 5.41) is 4.73. The van der Waals surface area contributed by atoms with Gasteiger partial charge in [-0.05, 0) is 32.3 Å². The number of amides is 3. The normalized spacial score (nSPS) is 26.2. The second kappa shape index (κ2) is 8.26. The molecule has 9 heteroatoms. The van der Waals surface area contributed by atoms with Crippen LogP contribution in [0.1, 0.15) is 59.1 Å². The minimum atomic E-state index is -3.69. The van der Waals surface area contributed by atoms with Gasteiger partial charge in [-0.15, -0.1) is 0 Å². The van der Waals surface area contributed by atoms with Crippen molar-refractivity contribution < 1.29 is 22.8 Å². The van der Waals surface area contributed by atoms with Gasteiger partial charge in [0.15, 0.2) is 9.84 Å². The van der Waals surface area contributed by atoms with Crippen LogP contribution in [0.4, 0.5) is 0 Å². The summed E-state index contributed by atoms with van der Waals surface area (Å²) < 4.78 is 24.2. The van der Waals surface area contributed by atoms with Gasteiger partial charge in [-0.25, -0.2) is 8.42 Å². The van der Waals surface area contributed by atoms with Gasteiger partial charge in [-0.3, -0.25) is 14.4 Å². The van der Waals surface area contributed by atoms with E-state index < -0.39 is 37.9 Å². The molecule has 0 radical (unpaired) electrons. The Kier molecular flexibility index (Phi) is 6.19. The number of carbonyl (C=O) groups is 3. The Hall–Kier alpha value is -2.42. The highest BCUT2D eigenvalue weighted by Crippen LogP contribution is 2.45. The zero-order chi connectivity index (χ0) is 23.1. The molecule has 0 saturated carbocycles. The van der Waals surface area contributed by atoms with E-state index in [1.807, 2.05) is 51.1 Å². The molecule has 2 aliphatic rings. The molecule has 5 atom stereocenters. The second-order valence-electron chi connectivity index (χ2n) is 9.02. The monoisotopic (exact) mass is 449 g/mol. The van der Waals surface area contributed by atoms with Crippen LogP contribution in [0.5, 0.6) is 0 Å². The van der Waals surface area contributed by atoms with Gasteiger partial charge in [-0.2, -0.15) is 0 Å². The minimum absolute atomic E-state index is 0.0978. The van der Waals surface area contributed by atoms with Crippen molar-refractivity contribution in [1.29, 1.82) is 0 Å². The molecule has 1 aromatic rings. The lowest BCUT2D eigenvalue weighted by Crippen LogP contribution is -2.62. The third kappa shape index (κ3) is 3.84. The number of hydrogen-bond donors (Lipinski definition) is 2. The molecule has 5 unspecified atom stereocenters. The summed E-state index contributed by atoms with van der Waals surface area (Å²) in [5.74, 6) is -1.50. The lowest BCUT2D eigenvalue weighted by Gasteiger charge is -2.37. The van der Waals surface area contributed by atoms with Crippen molar-refractivity contribution in [2.45, 2.75) is 75.7 Å². The standard InChI is InChI=1S/C22H31N3O5S/c1-6-13(2)18(20(27)23-14(3)15-10-8-7-9-11-15)24-21(28)19-22(4,5)31(29,30)17-12-16(26)25(17)19/h7-11,13-14,17-19H,6,12H2,1-5H3,(H,23,27)(H,24,28). The van der Waals surface area contributed by atoms with Crippen LogP contribution in [0.3, 0.4) is 0 Å². The molecule has 3 amide bonds. The number of β-lactam (4-membered cyclic amide) rings is 1. The Balaban J connectivity index is 1.80. The summed E-state index contributed by atoms with van der Waals surface area (Å²) in [5.41, 5.74) is 0.933. The van der Waals surface area contributed by atoms with Crippen molar-refractivity contribution in [3.63, 3.8) is 0 Å². The van der Waals surface area contributed by atoms with Crippen molar-refractivity contribution in [2.75, 3.05) is 0 Å².